The summed E-state index contributed by atoms with van der Waals surface area (Å²) in [4.78, 5) is 14.8. The van der Waals surface area contributed by atoms with E-state index in [0.29, 0.717) is 13.2 Å². The Morgan fingerprint density at radius 3 is 2.68 bits per heavy atom. The van der Waals surface area contributed by atoms with Gasteiger partial charge in [0.25, 0.3) is 0 Å². The SMILES string of the molecule is CN(C(=O)C(C)(C)c1ccc2c(c1)OCCO2)C1CCNC1. The van der Waals surface area contributed by atoms with Crippen LogP contribution in [0.15, 0.2) is 18.2 Å². The number of benzene rings is 1. The normalized spacial score (nSPS) is 20.8. The van der Waals surface area contributed by atoms with Crippen molar-refractivity contribution in [1.82, 2.24) is 10.2 Å². The zero-order valence-corrected chi connectivity index (χ0v) is 13.5. The molecule has 1 unspecified atom stereocenters. The van der Waals surface area contributed by atoms with E-state index < -0.39 is 5.41 Å². The Kier molecular flexibility index (Phi) is 4.00. The molecule has 0 aliphatic carbocycles. The monoisotopic (exact) mass is 304 g/mol. The van der Waals surface area contributed by atoms with Gasteiger partial charge in [0.1, 0.15) is 13.2 Å². The van der Waals surface area contributed by atoms with Gasteiger partial charge in [-0.05, 0) is 44.5 Å². The molecule has 1 saturated heterocycles. The predicted molar refractivity (Wildman–Crippen MR) is 84.5 cm³/mol. The minimum atomic E-state index is -0.590. The molecule has 0 radical (unpaired) electrons. The van der Waals surface area contributed by atoms with Crippen molar-refractivity contribution in [1.29, 1.82) is 0 Å². The molecule has 120 valence electrons. The summed E-state index contributed by atoms with van der Waals surface area (Å²) in [7, 11) is 1.90. The Bertz CT molecular complexity index is 565. The molecule has 3 rings (SSSR count). The lowest BCUT2D eigenvalue weighted by Crippen LogP contribution is -2.47. The minimum Gasteiger partial charge on any atom is -0.486 e. The van der Waals surface area contributed by atoms with Crippen LogP contribution >= 0.6 is 0 Å². The van der Waals surface area contributed by atoms with E-state index >= 15 is 0 Å². The van der Waals surface area contributed by atoms with E-state index in [1.807, 2.05) is 44.0 Å². The van der Waals surface area contributed by atoms with Gasteiger partial charge in [0.05, 0.1) is 5.41 Å². The highest BCUT2D eigenvalue weighted by Gasteiger charge is 2.36. The summed E-state index contributed by atoms with van der Waals surface area (Å²) in [5.41, 5.74) is 0.368. The highest BCUT2D eigenvalue weighted by molar-refractivity contribution is 5.87. The molecule has 1 aromatic rings. The van der Waals surface area contributed by atoms with Crippen LogP contribution in [0, 0.1) is 0 Å². The van der Waals surface area contributed by atoms with Crippen molar-refractivity contribution in [2.75, 3.05) is 33.4 Å². The van der Waals surface area contributed by atoms with E-state index in [1.54, 1.807) is 0 Å². The van der Waals surface area contributed by atoms with Crippen LogP contribution in [0.4, 0.5) is 0 Å². The second-order valence-corrected chi connectivity index (χ2v) is 6.55. The van der Waals surface area contributed by atoms with Crippen LogP contribution in [0.1, 0.15) is 25.8 Å². The summed E-state index contributed by atoms with van der Waals surface area (Å²) in [5.74, 6) is 1.62. The van der Waals surface area contributed by atoms with Gasteiger partial charge in [-0.1, -0.05) is 6.07 Å². The van der Waals surface area contributed by atoms with Gasteiger partial charge in [-0.15, -0.1) is 0 Å². The molecular formula is C17H24N2O3. The first kappa shape index (κ1) is 15.2. The molecular weight excluding hydrogens is 280 g/mol. The number of fused-ring (bicyclic) bond motifs is 1. The lowest BCUT2D eigenvalue weighted by Gasteiger charge is -2.33. The molecule has 22 heavy (non-hydrogen) atoms. The van der Waals surface area contributed by atoms with Gasteiger partial charge in [0.15, 0.2) is 11.5 Å². The molecule has 5 heteroatoms. The van der Waals surface area contributed by atoms with Crippen molar-refractivity contribution in [2.24, 2.45) is 0 Å². The number of carbonyl (C=O) groups is 1. The molecule has 0 saturated carbocycles. The first-order chi connectivity index (χ1) is 10.5. The number of hydrogen-bond donors (Lipinski definition) is 1. The third kappa shape index (κ3) is 2.65. The van der Waals surface area contributed by atoms with E-state index in [4.69, 9.17) is 9.47 Å². The Morgan fingerprint density at radius 2 is 2.00 bits per heavy atom. The van der Waals surface area contributed by atoms with E-state index in [-0.39, 0.29) is 11.9 Å². The highest BCUT2D eigenvalue weighted by Crippen LogP contribution is 2.36. The quantitative estimate of drug-likeness (QED) is 0.921. The van der Waals surface area contributed by atoms with Crippen molar-refractivity contribution in [3.05, 3.63) is 23.8 Å². The number of likely N-dealkylation sites (N-methyl/N-ethyl adjacent to an activating group) is 1. The zero-order chi connectivity index (χ0) is 15.7. The van der Waals surface area contributed by atoms with Gasteiger partial charge in [-0.25, -0.2) is 0 Å². The third-order valence-electron chi connectivity index (χ3n) is 4.70. The van der Waals surface area contributed by atoms with Gasteiger partial charge in [-0.2, -0.15) is 0 Å². The van der Waals surface area contributed by atoms with Crippen molar-refractivity contribution in [2.45, 2.75) is 31.7 Å². The van der Waals surface area contributed by atoms with Crippen molar-refractivity contribution >= 4 is 5.91 Å². The summed E-state index contributed by atoms with van der Waals surface area (Å²) in [6, 6.07) is 6.08. The maximum atomic E-state index is 12.9. The molecule has 1 N–H and O–H groups in total. The average Bonchev–Trinajstić information content (AvgIpc) is 3.07. The summed E-state index contributed by atoms with van der Waals surface area (Å²) >= 11 is 0. The average molecular weight is 304 g/mol. The van der Waals surface area contributed by atoms with Crippen LogP contribution in [-0.4, -0.2) is 50.2 Å². The number of hydrogen-bond acceptors (Lipinski definition) is 4. The molecule has 1 aromatic carbocycles. The fraction of sp³-hybridized carbons (Fsp3) is 0.588. The zero-order valence-electron chi connectivity index (χ0n) is 13.5. The van der Waals surface area contributed by atoms with Crippen LogP contribution in [0.5, 0.6) is 11.5 Å². The smallest absolute Gasteiger partial charge is 0.232 e. The van der Waals surface area contributed by atoms with Crippen LogP contribution in [-0.2, 0) is 10.2 Å². The first-order valence-corrected chi connectivity index (χ1v) is 7.88. The Balaban J connectivity index is 1.83. The maximum absolute atomic E-state index is 12.9. The molecule has 1 amide bonds. The Hall–Kier alpha value is -1.75. The van der Waals surface area contributed by atoms with Gasteiger partial charge in [0.2, 0.25) is 5.91 Å². The van der Waals surface area contributed by atoms with Crippen LogP contribution < -0.4 is 14.8 Å². The predicted octanol–water partition coefficient (Wildman–Crippen LogP) is 1.56. The van der Waals surface area contributed by atoms with E-state index in [1.165, 1.54) is 0 Å². The Labute approximate surface area is 131 Å². The van der Waals surface area contributed by atoms with E-state index in [0.717, 1.165) is 36.6 Å². The van der Waals surface area contributed by atoms with Crippen molar-refractivity contribution in [3.8, 4) is 11.5 Å². The van der Waals surface area contributed by atoms with E-state index in [2.05, 4.69) is 5.32 Å². The van der Waals surface area contributed by atoms with Crippen LogP contribution in [0.3, 0.4) is 0 Å². The second kappa shape index (κ2) is 5.80. The molecule has 2 heterocycles. The fourth-order valence-electron chi connectivity index (χ4n) is 3.13. The molecule has 5 nitrogen and oxygen atoms in total. The molecule has 1 atom stereocenters. The highest BCUT2D eigenvalue weighted by atomic mass is 16.6. The van der Waals surface area contributed by atoms with Crippen molar-refractivity contribution in [3.63, 3.8) is 0 Å². The number of ether oxygens (including phenoxy) is 2. The third-order valence-corrected chi connectivity index (χ3v) is 4.70. The lowest BCUT2D eigenvalue weighted by molar-refractivity contribution is -0.136. The van der Waals surface area contributed by atoms with Crippen molar-refractivity contribution < 1.29 is 14.3 Å². The van der Waals surface area contributed by atoms with Crippen LogP contribution in [0.2, 0.25) is 0 Å². The summed E-state index contributed by atoms with van der Waals surface area (Å²) < 4.78 is 11.2. The summed E-state index contributed by atoms with van der Waals surface area (Å²) in [6.45, 7) is 6.93. The number of amides is 1. The molecule has 2 aliphatic rings. The van der Waals surface area contributed by atoms with Crippen LogP contribution in [0.25, 0.3) is 0 Å². The molecule has 0 spiro atoms. The largest absolute Gasteiger partial charge is 0.486 e. The van der Waals surface area contributed by atoms with Gasteiger partial charge in [0, 0.05) is 19.6 Å². The number of carbonyl (C=O) groups excluding carboxylic acids is 1. The fourth-order valence-corrected chi connectivity index (χ4v) is 3.13. The van der Waals surface area contributed by atoms with Gasteiger partial charge < -0.3 is 19.7 Å². The number of nitrogens with zero attached hydrogens (tertiary/aromatic N) is 1. The lowest BCUT2D eigenvalue weighted by atomic mass is 9.82. The molecule has 1 fully saturated rings. The second-order valence-electron chi connectivity index (χ2n) is 6.55. The molecule has 0 aromatic heterocycles. The first-order valence-electron chi connectivity index (χ1n) is 7.88. The summed E-state index contributed by atoms with van der Waals surface area (Å²) in [6.07, 6.45) is 1.01. The number of nitrogens with one attached hydrogen (secondary N) is 1. The molecule has 0 bridgehead atoms. The maximum Gasteiger partial charge on any atom is 0.232 e. The standard InChI is InChI=1S/C17H24N2O3/c1-17(2,16(20)19(3)13-6-7-18-11-13)12-4-5-14-15(10-12)22-9-8-21-14/h4-5,10,13,18H,6-9,11H2,1-3H3. The number of rotatable bonds is 3. The topological polar surface area (TPSA) is 50.8 Å². The molecule has 2 aliphatic heterocycles. The van der Waals surface area contributed by atoms with Gasteiger partial charge in [-0.3, -0.25) is 4.79 Å². The summed E-state index contributed by atoms with van der Waals surface area (Å²) in [5, 5.41) is 3.31. The van der Waals surface area contributed by atoms with E-state index in [9.17, 15) is 4.79 Å². The Morgan fingerprint density at radius 1 is 1.27 bits per heavy atom. The minimum absolute atomic E-state index is 0.137. The van der Waals surface area contributed by atoms with Gasteiger partial charge >= 0.3 is 0 Å².